The highest BCUT2D eigenvalue weighted by molar-refractivity contribution is 4.81. The highest BCUT2D eigenvalue weighted by atomic mass is 16.3. The Kier molecular flexibility index (Phi) is 7.15. The first-order chi connectivity index (χ1) is 7.27. The zero-order valence-electron chi connectivity index (χ0n) is 11.3. The Labute approximate surface area is 99.7 Å². The molecule has 0 aliphatic heterocycles. The van der Waals surface area contributed by atoms with Crippen LogP contribution < -0.4 is 5.32 Å². The molecule has 2 unspecified atom stereocenters. The molecule has 0 fully saturated rings. The first kappa shape index (κ1) is 15.8. The molecule has 2 atom stereocenters. The van der Waals surface area contributed by atoms with E-state index in [0.29, 0.717) is 13.1 Å². The molecule has 98 valence electrons. The Balaban J connectivity index is 4.02. The van der Waals surface area contributed by atoms with Crippen molar-refractivity contribution in [1.82, 2.24) is 10.2 Å². The molecule has 0 amide bonds. The fourth-order valence-electron chi connectivity index (χ4n) is 1.73. The van der Waals surface area contributed by atoms with Crippen LogP contribution >= 0.6 is 0 Å². The van der Waals surface area contributed by atoms with Crippen LogP contribution in [0.15, 0.2) is 0 Å². The fraction of sp³-hybridized carbons (Fsp3) is 1.00. The van der Waals surface area contributed by atoms with E-state index in [0.717, 1.165) is 6.42 Å². The molecule has 3 N–H and O–H groups in total. The van der Waals surface area contributed by atoms with E-state index in [1.54, 1.807) is 0 Å². The minimum Gasteiger partial charge on any atom is -0.396 e. The van der Waals surface area contributed by atoms with Gasteiger partial charge in [-0.15, -0.1) is 0 Å². The number of aliphatic hydroxyl groups excluding tert-OH is 2. The van der Waals surface area contributed by atoms with Crippen LogP contribution in [0.5, 0.6) is 0 Å². The van der Waals surface area contributed by atoms with E-state index in [4.69, 9.17) is 5.11 Å². The van der Waals surface area contributed by atoms with Gasteiger partial charge in [0.05, 0.1) is 6.10 Å². The van der Waals surface area contributed by atoms with Crippen molar-refractivity contribution in [2.45, 2.75) is 39.3 Å². The maximum Gasteiger partial charge on any atom is 0.0791 e. The van der Waals surface area contributed by atoms with Gasteiger partial charge in [-0.25, -0.2) is 0 Å². The van der Waals surface area contributed by atoms with Crippen molar-refractivity contribution in [3.8, 4) is 0 Å². The molecule has 4 nitrogen and oxygen atoms in total. The standard InChI is InChI=1S/C12H28N2O2/c1-12(2,3)11(6-7-15)13-8-10(16)9-14(4)5/h10-11,13,15-16H,6-9H2,1-5H3. The molecule has 16 heavy (non-hydrogen) atoms. The minimum absolute atomic E-state index is 0.0978. The molecule has 0 spiro atoms. The van der Waals surface area contributed by atoms with E-state index in [1.807, 2.05) is 19.0 Å². The lowest BCUT2D eigenvalue weighted by Gasteiger charge is -2.32. The zero-order chi connectivity index (χ0) is 12.8. The third-order valence-electron chi connectivity index (χ3n) is 2.64. The first-order valence-electron chi connectivity index (χ1n) is 5.94. The van der Waals surface area contributed by atoms with Gasteiger partial charge in [0, 0.05) is 25.7 Å². The summed E-state index contributed by atoms with van der Waals surface area (Å²) in [5, 5.41) is 22.1. The Morgan fingerprint density at radius 2 is 1.81 bits per heavy atom. The highest BCUT2D eigenvalue weighted by Gasteiger charge is 2.24. The molecule has 0 saturated carbocycles. The van der Waals surface area contributed by atoms with Crippen LogP contribution in [0.4, 0.5) is 0 Å². The Hall–Kier alpha value is -0.160. The van der Waals surface area contributed by atoms with Crippen LogP contribution in [0, 0.1) is 5.41 Å². The normalized spacial score (nSPS) is 16.5. The van der Waals surface area contributed by atoms with Crippen LogP contribution in [-0.2, 0) is 0 Å². The lowest BCUT2D eigenvalue weighted by molar-refractivity contribution is 0.116. The van der Waals surface area contributed by atoms with E-state index in [9.17, 15) is 5.11 Å². The van der Waals surface area contributed by atoms with Crippen LogP contribution in [0.1, 0.15) is 27.2 Å². The molecule has 4 heteroatoms. The molecule has 0 aromatic heterocycles. The van der Waals surface area contributed by atoms with Gasteiger partial charge in [-0.1, -0.05) is 20.8 Å². The molecule has 0 radical (unpaired) electrons. The first-order valence-corrected chi connectivity index (χ1v) is 5.94. The predicted molar refractivity (Wildman–Crippen MR) is 67.5 cm³/mol. The number of nitrogens with zero attached hydrogens (tertiary/aromatic N) is 1. The predicted octanol–water partition coefficient (Wildman–Crippen LogP) is 0.296. The zero-order valence-corrected chi connectivity index (χ0v) is 11.3. The summed E-state index contributed by atoms with van der Waals surface area (Å²) < 4.78 is 0. The van der Waals surface area contributed by atoms with Crippen LogP contribution in [-0.4, -0.2) is 61.1 Å². The topological polar surface area (TPSA) is 55.7 Å². The van der Waals surface area contributed by atoms with Gasteiger partial charge in [-0.3, -0.25) is 0 Å². The number of aliphatic hydroxyl groups is 2. The van der Waals surface area contributed by atoms with Gasteiger partial charge in [0.2, 0.25) is 0 Å². The van der Waals surface area contributed by atoms with E-state index in [-0.39, 0.29) is 24.2 Å². The third-order valence-corrected chi connectivity index (χ3v) is 2.64. The summed E-state index contributed by atoms with van der Waals surface area (Å²) in [4.78, 5) is 1.96. The summed E-state index contributed by atoms with van der Waals surface area (Å²) >= 11 is 0. The summed E-state index contributed by atoms with van der Waals surface area (Å²) in [5.74, 6) is 0. The average molecular weight is 232 g/mol. The summed E-state index contributed by atoms with van der Waals surface area (Å²) in [6.07, 6.45) is 0.358. The molecule has 0 aliphatic carbocycles. The lowest BCUT2D eigenvalue weighted by Crippen LogP contribution is -2.46. The smallest absolute Gasteiger partial charge is 0.0791 e. The monoisotopic (exact) mass is 232 g/mol. The number of nitrogens with one attached hydrogen (secondary N) is 1. The fourth-order valence-corrected chi connectivity index (χ4v) is 1.73. The van der Waals surface area contributed by atoms with Crippen LogP contribution in [0.25, 0.3) is 0 Å². The summed E-state index contributed by atoms with van der Waals surface area (Å²) in [6, 6.07) is 0.231. The van der Waals surface area contributed by atoms with Crippen molar-refractivity contribution >= 4 is 0 Å². The average Bonchev–Trinajstić information content (AvgIpc) is 2.08. The molecule has 0 saturated heterocycles. The van der Waals surface area contributed by atoms with Gasteiger partial charge >= 0.3 is 0 Å². The quantitative estimate of drug-likeness (QED) is 0.591. The third kappa shape index (κ3) is 7.17. The number of hydrogen-bond donors (Lipinski definition) is 3. The van der Waals surface area contributed by atoms with Gasteiger partial charge in [0.25, 0.3) is 0 Å². The van der Waals surface area contributed by atoms with Gasteiger partial charge in [-0.2, -0.15) is 0 Å². The van der Waals surface area contributed by atoms with Gasteiger partial charge in [0.15, 0.2) is 0 Å². The second-order valence-electron chi connectivity index (χ2n) is 5.76. The van der Waals surface area contributed by atoms with Gasteiger partial charge < -0.3 is 20.4 Å². The van der Waals surface area contributed by atoms with Crippen molar-refractivity contribution in [1.29, 1.82) is 0 Å². The van der Waals surface area contributed by atoms with Crippen molar-refractivity contribution in [3.63, 3.8) is 0 Å². The molecule has 0 rings (SSSR count). The lowest BCUT2D eigenvalue weighted by atomic mass is 9.85. The van der Waals surface area contributed by atoms with Gasteiger partial charge in [0.1, 0.15) is 0 Å². The highest BCUT2D eigenvalue weighted by Crippen LogP contribution is 2.21. The number of rotatable bonds is 7. The maximum absolute atomic E-state index is 9.74. The molecule has 0 aromatic rings. The van der Waals surface area contributed by atoms with E-state index < -0.39 is 0 Å². The molecule has 0 bridgehead atoms. The van der Waals surface area contributed by atoms with Crippen LogP contribution in [0.2, 0.25) is 0 Å². The van der Waals surface area contributed by atoms with E-state index in [2.05, 4.69) is 26.1 Å². The number of likely N-dealkylation sites (N-methyl/N-ethyl adjacent to an activating group) is 1. The van der Waals surface area contributed by atoms with Crippen molar-refractivity contribution in [2.75, 3.05) is 33.8 Å². The van der Waals surface area contributed by atoms with Crippen molar-refractivity contribution < 1.29 is 10.2 Å². The molecular weight excluding hydrogens is 204 g/mol. The summed E-state index contributed by atoms with van der Waals surface area (Å²) in [5.41, 5.74) is 0.0978. The SMILES string of the molecule is CN(C)CC(O)CNC(CCO)C(C)(C)C. The molecule has 0 aromatic carbocycles. The minimum atomic E-state index is -0.362. The number of hydrogen-bond acceptors (Lipinski definition) is 4. The molecule has 0 heterocycles. The maximum atomic E-state index is 9.74. The largest absolute Gasteiger partial charge is 0.396 e. The van der Waals surface area contributed by atoms with E-state index >= 15 is 0 Å². The summed E-state index contributed by atoms with van der Waals surface area (Å²) in [7, 11) is 3.89. The Bertz CT molecular complexity index is 178. The Morgan fingerprint density at radius 1 is 1.25 bits per heavy atom. The summed E-state index contributed by atoms with van der Waals surface area (Å²) in [6.45, 7) is 7.82. The van der Waals surface area contributed by atoms with Crippen molar-refractivity contribution in [3.05, 3.63) is 0 Å². The van der Waals surface area contributed by atoms with Crippen molar-refractivity contribution in [2.24, 2.45) is 5.41 Å². The van der Waals surface area contributed by atoms with Crippen LogP contribution in [0.3, 0.4) is 0 Å². The second kappa shape index (κ2) is 7.22. The van der Waals surface area contributed by atoms with E-state index in [1.165, 1.54) is 0 Å². The molecular formula is C12H28N2O2. The van der Waals surface area contributed by atoms with Gasteiger partial charge in [-0.05, 0) is 25.9 Å². The second-order valence-corrected chi connectivity index (χ2v) is 5.76. The Morgan fingerprint density at radius 3 is 2.19 bits per heavy atom. The molecule has 0 aliphatic rings.